The zero-order valence-corrected chi connectivity index (χ0v) is 20.1. The van der Waals surface area contributed by atoms with Crippen LogP contribution in [-0.4, -0.2) is 58.4 Å². The van der Waals surface area contributed by atoms with E-state index in [1.54, 1.807) is 17.2 Å². The molecule has 0 radical (unpaired) electrons. The van der Waals surface area contributed by atoms with Crippen molar-refractivity contribution in [2.45, 2.75) is 19.9 Å². The number of fused-ring (bicyclic) bond motifs is 1. The SMILES string of the molecule is Cc1ccc2oc(C(=O)NCC3CC(=O)N(c4ccc(-n5ccnc5CN(C)C)cc4)C3)cc2n1. The molecule has 9 heteroatoms. The molecule has 35 heavy (non-hydrogen) atoms. The van der Waals surface area contributed by atoms with E-state index in [4.69, 9.17) is 4.42 Å². The van der Waals surface area contributed by atoms with Crippen LogP contribution in [0.3, 0.4) is 0 Å². The highest BCUT2D eigenvalue weighted by atomic mass is 16.3. The topological polar surface area (TPSA) is 96.5 Å². The molecule has 1 aliphatic heterocycles. The van der Waals surface area contributed by atoms with Gasteiger partial charge in [-0.3, -0.25) is 9.59 Å². The lowest BCUT2D eigenvalue weighted by atomic mass is 10.1. The van der Waals surface area contributed by atoms with Gasteiger partial charge in [0.2, 0.25) is 5.91 Å². The zero-order valence-electron chi connectivity index (χ0n) is 20.1. The molecule has 4 heterocycles. The number of nitrogens with zero attached hydrogens (tertiary/aromatic N) is 5. The molecule has 5 rings (SSSR count). The van der Waals surface area contributed by atoms with Crippen molar-refractivity contribution in [1.29, 1.82) is 0 Å². The molecule has 1 N–H and O–H groups in total. The van der Waals surface area contributed by atoms with Gasteiger partial charge in [-0.25, -0.2) is 9.97 Å². The molecule has 1 unspecified atom stereocenters. The molecular formula is C26H28N6O3. The normalized spacial score (nSPS) is 15.9. The molecular weight excluding hydrogens is 444 g/mol. The number of aryl methyl sites for hydroxylation is 1. The molecule has 0 aliphatic carbocycles. The Balaban J connectivity index is 1.21. The second kappa shape index (κ2) is 9.34. The maximum atomic E-state index is 12.7. The summed E-state index contributed by atoms with van der Waals surface area (Å²) in [5, 5.41) is 2.90. The first-order valence-electron chi connectivity index (χ1n) is 11.6. The lowest BCUT2D eigenvalue weighted by Crippen LogP contribution is -2.31. The molecule has 0 spiro atoms. The van der Waals surface area contributed by atoms with E-state index in [9.17, 15) is 9.59 Å². The first-order valence-corrected chi connectivity index (χ1v) is 11.6. The van der Waals surface area contributed by atoms with Crippen molar-refractivity contribution >= 4 is 28.6 Å². The van der Waals surface area contributed by atoms with Gasteiger partial charge in [0, 0.05) is 61.0 Å². The summed E-state index contributed by atoms with van der Waals surface area (Å²) in [5.74, 6) is 0.950. The van der Waals surface area contributed by atoms with Gasteiger partial charge in [0.15, 0.2) is 11.3 Å². The number of hydrogen-bond donors (Lipinski definition) is 1. The molecule has 4 aromatic rings. The Kier molecular flexibility index (Phi) is 6.08. The Morgan fingerprint density at radius 2 is 1.94 bits per heavy atom. The monoisotopic (exact) mass is 472 g/mol. The van der Waals surface area contributed by atoms with Crippen LogP contribution >= 0.6 is 0 Å². The number of amides is 2. The first-order chi connectivity index (χ1) is 16.9. The Labute approximate surface area is 203 Å². The number of benzene rings is 1. The molecule has 0 saturated carbocycles. The van der Waals surface area contributed by atoms with Crippen LogP contribution in [0.15, 0.2) is 59.3 Å². The minimum Gasteiger partial charge on any atom is -0.449 e. The molecule has 2 amide bonds. The van der Waals surface area contributed by atoms with Crippen LogP contribution < -0.4 is 10.2 Å². The van der Waals surface area contributed by atoms with E-state index in [2.05, 4.69) is 20.2 Å². The van der Waals surface area contributed by atoms with Crippen LogP contribution in [0.25, 0.3) is 16.8 Å². The summed E-state index contributed by atoms with van der Waals surface area (Å²) >= 11 is 0. The van der Waals surface area contributed by atoms with E-state index in [1.807, 2.05) is 68.2 Å². The molecule has 1 aliphatic rings. The van der Waals surface area contributed by atoms with E-state index in [-0.39, 0.29) is 23.5 Å². The number of pyridine rings is 1. The molecule has 0 bridgehead atoms. The molecule has 1 atom stereocenters. The van der Waals surface area contributed by atoms with Gasteiger partial charge in [0.1, 0.15) is 11.3 Å². The Bertz CT molecular complexity index is 1370. The number of furan rings is 1. The summed E-state index contributed by atoms with van der Waals surface area (Å²) in [5.41, 5.74) is 3.94. The minimum absolute atomic E-state index is 0.0243. The number of nitrogens with one attached hydrogen (secondary N) is 1. The maximum absolute atomic E-state index is 12.7. The molecule has 1 saturated heterocycles. The summed E-state index contributed by atoms with van der Waals surface area (Å²) < 4.78 is 7.67. The highest BCUT2D eigenvalue weighted by Gasteiger charge is 2.31. The van der Waals surface area contributed by atoms with Crippen LogP contribution in [0, 0.1) is 12.8 Å². The van der Waals surface area contributed by atoms with Gasteiger partial charge in [0.25, 0.3) is 5.91 Å². The smallest absolute Gasteiger partial charge is 0.287 e. The molecule has 1 fully saturated rings. The fraction of sp³-hybridized carbons (Fsp3) is 0.308. The van der Waals surface area contributed by atoms with Crippen molar-refractivity contribution in [3.8, 4) is 5.69 Å². The quantitative estimate of drug-likeness (QED) is 0.444. The van der Waals surface area contributed by atoms with Crippen molar-refractivity contribution in [3.63, 3.8) is 0 Å². The highest BCUT2D eigenvalue weighted by molar-refractivity contribution is 5.97. The predicted molar refractivity (Wildman–Crippen MR) is 132 cm³/mol. The van der Waals surface area contributed by atoms with Crippen molar-refractivity contribution in [3.05, 3.63) is 72.1 Å². The van der Waals surface area contributed by atoms with Crippen molar-refractivity contribution in [2.75, 3.05) is 32.1 Å². The van der Waals surface area contributed by atoms with Crippen molar-refractivity contribution in [2.24, 2.45) is 5.92 Å². The lowest BCUT2D eigenvalue weighted by molar-refractivity contribution is -0.117. The van der Waals surface area contributed by atoms with Gasteiger partial charge in [0.05, 0.1) is 6.54 Å². The van der Waals surface area contributed by atoms with Gasteiger partial charge in [-0.2, -0.15) is 0 Å². The average molecular weight is 473 g/mol. The number of anilines is 1. The third kappa shape index (κ3) is 4.81. The van der Waals surface area contributed by atoms with Crippen LogP contribution in [0.4, 0.5) is 5.69 Å². The van der Waals surface area contributed by atoms with E-state index in [0.717, 1.165) is 29.4 Å². The summed E-state index contributed by atoms with van der Waals surface area (Å²) in [6.07, 6.45) is 4.11. The van der Waals surface area contributed by atoms with E-state index >= 15 is 0 Å². The second-order valence-corrected chi connectivity index (χ2v) is 9.20. The predicted octanol–water partition coefficient (Wildman–Crippen LogP) is 3.17. The summed E-state index contributed by atoms with van der Waals surface area (Å²) in [7, 11) is 4.02. The molecule has 9 nitrogen and oxygen atoms in total. The molecule has 3 aromatic heterocycles. The number of carbonyl (C=O) groups excluding carboxylic acids is 2. The van der Waals surface area contributed by atoms with Crippen LogP contribution in [0.1, 0.15) is 28.5 Å². The minimum atomic E-state index is -0.301. The Morgan fingerprint density at radius 1 is 1.17 bits per heavy atom. The Morgan fingerprint density at radius 3 is 2.71 bits per heavy atom. The van der Waals surface area contributed by atoms with Crippen LogP contribution in [0.5, 0.6) is 0 Å². The van der Waals surface area contributed by atoms with E-state index in [1.165, 1.54) is 0 Å². The maximum Gasteiger partial charge on any atom is 0.287 e. The van der Waals surface area contributed by atoms with Gasteiger partial charge in [-0.05, 0) is 57.4 Å². The van der Waals surface area contributed by atoms with Gasteiger partial charge < -0.3 is 24.1 Å². The molecule has 180 valence electrons. The van der Waals surface area contributed by atoms with Gasteiger partial charge in [-0.15, -0.1) is 0 Å². The Hall–Kier alpha value is -3.98. The third-order valence-electron chi connectivity index (χ3n) is 6.11. The third-order valence-corrected chi connectivity index (χ3v) is 6.11. The fourth-order valence-corrected chi connectivity index (χ4v) is 4.39. The average Bonchev–Trinajstić information content (AvgIpc) is 3.55. The number of rotatable bonds is 7. The number of aromatic nitrogens is 3. The van der Waals surface area contributed by atoms with Crippen LogP contribution in [-0.2, 0) is 11.3 Å². The molecule has 1 aromatic carbocycles. The van der Waals surface area contributed by atoms with Gasteiger partial charge in [-0.1, -0.05) is 0 Å². The summed E-state index contributed by atoms with van der Waals surface area (Å²) in [6.45, 7) is 3.57. The van der Waals surface area contributed by atoms with Crippen molar-refractivity contribution in [1.82, 2.24) is 24.8 Å². The summed E-state index contributed by atoms with van der Waals surface area (Å²) in [4.78, 5) is 38.0. The number of hydrogen-bond acceptors (Lipinski definition) is 6. The fourth-order valence-electron chi connectivity index (χ4n) is 4.39. The van der Waals surface area contributed by atoms with E-state index < -0.39 is 0 Å². The highest BCUT2D eigenvalue weighted by Crippen LogP contribution is 2.26. The van der Waals surface area contributed by atoms with Crippen LogP contribution in [0.2, 0.25) is 0 Å². The van der Waals surface area contributed by atoms with Crippen molar-refractivity contribution < 1.29 is 14.0 Å². The largest absolute Gasteiger partial charge is 0.449 e. The standard InChI is InChI=1S/C26H28N6O3/c1-17-4-9-22-21(29-17)13-23(35-22)26(34)28-14-18-12-25(33)32(15-18)20-7-5-19(6-8-20)31-11-10-27-24(31)16-30(2)3/h4-11,13,18H,12,14-16H2,1-3H3,(H,28,34). The number of carbonyl (C=O) groups is 2. The lowest BCUT2D eigenvalue weighted by Gasteiger charge is -2.18. The summed E-state index contributed by atoms with van der Waals surface area (Å²) in [6, 6.07) is 13.2. The zero-order chi connectivity index (χ0) is 24.5. The van der Waals surface area contributed by atoms with Gasteiger partial charge >= 0.3 is 0 Å². The second-order valence-electron chi connectivity index (χ2n) is 9.20. The van der Waals surface area contributed by atoms with E-state index in [0.29, 0.717) is 30.6 Å². The number of imidazole rings is 1. The first kappa shape index (κ1) is 22.8.